The summed E-state index contributed by atoms with van der Waals surface area (Å²) in [6, 6.07) is 3.44. The van der Waals surface area contributed by atoms with Gasteiger partial charge in [0.15, 0.2) is 5.75 Å². The zero-order chi connectivity index (χ0) is 14.6. The summed E-state index contributed by atoms with van der Waals surface area (Å²) < 4.78 is 5.52. The highest BCUT2D eigenvalue weighted by Gasteiger charge is 2.22. The van der Waals surface area contributed by atoms with Gasteiger partial charge < -0.3 is 9.84 Å². The SMILES string of the molecule is CCCCOc1c(Cl)cc(C(C)(C)C)cc1C(=O)O. The summed E-state index contributed by atoms with van der Waals surface area (Å²) in [5, 5.41) is 9.66. The number of unbranched alkanes of at least 4 members (excludes halogenated alkanes) is 1. The fraction of sp³-hybridized carbons (Fsp3) is 0.533. The number of ether oxygens (including phenoxy) is 1. The van der Waals surface area contributed by atoms with E-state index in [0.29, 0.717) is 11.6 Å². The molecule has 0 spiro atoms. The van der Waals surface area contributed by atoms with Crippen molar-refractivity contribution in [1.29, 1.82) is 0 Å². The zero-order valence-corrected chi connectivity index (χ0v) is 12.7. The van der Waals surface area contributed by atoms with Crippen LogP contribution in [0.15, 0.2) is 12.1 Å². The molecule has 0 amide bonds. The summed E-state index contributed by atoms with van der Waals surface area (Å²) >= 11 is 6.18. The molecular weight excluding hydrogens is 264 g/mol. The van der Waals surface area contributed by atoms with E-state index >= 15 is 0 Å². The van der Waals surface area contributed by atoms with Crippen molar-refractivity contribution in [2.24, 2.45) is 0 Å². The fourth-order valence-electron chi connectivity index (χ4n) is 1.65. The molecule has 4 heteroatoms. The third-order valence-corrected chi connectivity index (χ3v) is 3.17. The number of hydrogen-bond donors (Lipinski definition) is 1. The van der Waals surface area contributed by atoms with Gasteiger partial charge in [-0.25, -0.2) is 4.79 Å². The first-order chi connectivity index (χ1) is 8.77. The minimum Gasteiger partial charge on any atom is -0.491 e. The Labute approximate surface area is 119 Å². The third-order valence-electron chi connectivity index (χ3n) is 2.88. The first-order valence-corrected chi connectivity index (χ1v) is 6.85. The number of carbonyl (C=O) groups is 1. The summed E-state index contributed by atoms with van der Waals surface area (Å²) in [7, 11) is 0. The lowest BCUT2D eigenvalue weighted by Gasteiger charge is -2.21. The van der Waals surface area contributed by atoms with E-state index in [1.807, 2.05) is 27.7 Å². The van der Waals surface area contributed by atoms with Crippen LogP contribution in [0.1, 0.15) is 56.5 Å². The number of rotatable bonds is 5. The van der Waals surface area contributed by atoms with Crippen molar-refractivity contribution >= 4 is 17.6 Å². The van der Waals surface area contributed by atoms with Gasteiger partial charge in [-0.2, -0.15) is 0 Å². The van der Waals surface area contributed by atoms with Crippen molar-refractivity contribution in [2.75, 3.05) is 6.61 Å². The number of halogens is 1. The van der Waals surface area contributed by atoms with Gasteiger partial charge in [-0.15, -0.1) is 0 Å². The molecular formula is C15H21ClO3. The number of benzene rings is 1. The van der Waals surface area contributed by atoms with E-state index in [1.165, 1.54) is 0 Å². The summed E-state index contributed by atoms with van der Waals surface area (Å²) in [6.45, 7) is 8.57. The van der Waals surface area contributed by atoms with E-state index in [4.69, 9.17) is 16.3 Å². The molecule has 0 aliphatic heterocycles. The Hall–Kier alpha value is -1.22. The lowest BCUT2D eigenvalue weighted by Crippen LogP contribution is -2.14. The van der Waals surface area contributed by atoms with Crippen molar-refractivity contribution in [1.82, 2.24) is 0 Å². The topological polar surface area (TPSA) is 46.5 Å². The number of aromatic carboxylic acids is 1. The monoisotopic (exact) mass is 284 g/mol. The maximum absolute atomic E-state index is 11.3. The average molecular weight is 285 g/mol. The van der Waals surface area contributed by atoms with E-state index in [1.54, 1.807) is 12.1 Å². The van der Waals surface area contributed by atoms with Crippen LogP contribution in [-0.2, 0) is 5.41 Å². The van der Waals surface area contributed by atoms with Crippen LogP contribution in [0.4, 0.5) is 0 Å². The molecule has 0 atom stereocenters. The summed E-state index contributed by atoms with van der Waals surface area (Å²) in [5.41, 5.74) is 0.863. The van der Waals surface area contributed by atoms with Gasteiger partial charge in [0.25, 0.3) is 0 Å². The molecule has 0 fully saturated rings. The van der Waals surface area contributed by atoms with E-state index in [2.05, 4.69) is 0 Å². The molecule has 0 aliphatic rings. The van der Waals surface area contributed by atoms with Crippen LogP contribution >= 0.6 is 11.6 Å². The van der Waals surface area contributed by atoms with Crippen LogP contribution in [0.25, 0.3) is 0 Å². The Bertz CT molecular complexity index is 461. The highest BCUT2D eigenvalue weighted by Crippen LogP contribution is 2.35. The Morgan fingerprint density at radius 3 is 2.47 bits per heavy atom. The Kier molecular flexibility index (Phi) is 5.24. The van der Waals surface area contributed by atoms with Crippen molar-refractivity contribution < 1.29 is 14.6 Å². The van der Waals surface area contributed by atoms with Crippen molar-refractivity contribution in [3.8, 4) is 5.75 Å². The van der Waals surface area contributed by atoms with Gasteiger partial charge in [-0.05, 0) is 29.5 Å². The molecule has 106 valence electrons. The summed E-state index contributed by atoms with van der Waals surface area (Å²) in [4.78, 5) is 11.3. The predicted molar refractivity (Wildman–Crippen MR) is 77.5 cm³/mol. The second-order valence-electron chi connectivity index (χ2n) is 5.59. The standard InChI is InChI=1S/C15H21ClO3/c1-5-6-7-19-13-11(14(17)18)8-10(9-12(13)16)15(2,3)4/h8-9H,5-7H2,1-4H3,(H,17,18). The second-order valence-corrected chi connectivity index (χ2v) is 6.00. The van der Waals surface area contributed by atoms with Gasteiger partial charge in [-0.3, -0.25) is 0 Å². The highest BCUT2D eigenvalue weighted by molar-refractivity contribution is 6.32. The summed E-state index contributed by atoms with van der Waals surface area (Å²) in [5.74, 6) is -0.741. The van der Waals surface area contributed by atoms with Crippen LogP contribution in [-0.4, -0.2) is 17.7 Å². The van der Waals surface area contributed by atoms with Crippen LogP contribution in [0.5, 0.6) is 5.75 Å². The van der Waals surface area contributed by atoms with Crippen LogP contribution in [0.2, 0.25) is 5.02 Å². The largest absolute Gasteiger partial charge is 0.491 e. The number of carboxylic acid groups (broad SMARTS) is 1. The molecule has 0 bridgehead atoms. The molecule has 0 saturated carbocycles. The van der Waals surface area contributed by atoms with Gasteiger partial charge in [0.2, 0.25) is 0 Å². The Balaban J connectivity index is 3.20. The number of hydrogen-bond acceptors (Lipinski definition) is 2. The molecule has 1 N–H and O–H groups in total. The summed E-state index contributed by atoms with van der Waals surface area (Å²) in [6.07, 6.45) is 1.86. The Morgan fingerprint density at radius 1 is 1.37 bits per heavy atom. The van der Waals surface area contributed by atoms with Crippen molar-refractivity contribution in [3.63, 3.8) is 0 Å². The molecule has 1 aromatic carbocycles. The maximum atomic E-state index is 11.3. The minimum absolute atomic E-state index is 0.133. The fourth-order valence-corrected chi connectivity index (χ4v) is 1.92. The normalized spacial score (nSPS) is 11.4. The highest BCUT2D eigenvalue weighted by atomic mass is 35.5. The average Bonchev–Trinajstić information content (AvgIpc) is 2.29. The van der Waals surface area contributed by atoms with Gasteiger partial charge in [-0.1, -0.05) is 45.7 Å². The molecule has 0 aromatic heterocycles. The second kappa shape index (κ2) is 6.29. The smallest absolute Gasteiger partial charge is 0.339 e. The van der Waals surface area contributed by atoms with E-state index < -0.39 is 5.97 Å². The lowest BCUT2D eigenvalue weighted by atomic mass is 9.86. The predicted octanol–water partition coefficient (Wildman–Crippen LogP) is 4.51. The Morgan fingerprint density at radius 2 is 2.00 bits per heavy atom. The van der Waals surface area contributed by atoms with E-state index in [-0.39, 0.29) is 16.7 Å². The quantitative estimate of drug-likeness (QED) is 0.809. The third kappa shape index (κ3) is 4.13. The molecule has 3 nitrogen and oxygen atoms in total. The van der Waals surface area contributed by atoms with Gasteiger partial charge >= 0.3 is 5.97 Å². The number of carboxylic acids is 1. The molecule has 1 aromatic rings. The van der Waals surface area contributed by atoms with Crippen molar-refractivity contribution in [3.05, 3.63) is 28.3 Å². The molecule has 1 rings (SSSR count). The van der Waals surface area contributed by atoms with Crippen LogP contribution < -0.4 is 4.74 Å². The first kappa shape index (κ1) is 15.8. The molecule has 0 radical (unpaired) electrons. The van der Waals surface area contributed by atoms with Crippen LogP contribution in [0.3, 0.4) is 0 Å². The van der Waals surface area contributed by atoms with Gasteiger partial charge in [0, 0.05) is 0 Å². The molecule has 19 heavy (non-hydrogen) atoms. The molecule has 0 heterocycles. The first-order valence-electron chi connectivity index (χ1n) is 6.47. The minimum atomic E-state index is -1.01. The van der Waals surface area contributed by atoms with Gasteiger partial charge in [0.1, 0.15) is 5.56 Å². The van der Waals surface area contributed by atoms with Crippen LogP contribution in [0, 0.1) is 0 Å². The maximum Gasteiger partial charge on any atom is 0.339 e. The molecule has 0 saturated heterocycles. The van der Waals surface area contributed by atoms with Gasteiger partial charge in [0.05, 0.1) is 11.6 Å². The molecule has 0 aliphatic carbocycles. The van der Waals surface area contributed by atoms with E-state index in [9.17, 15) is 9.90 Å². The zero-order valence-electron chi connectivity index (χ0n) is 11.9. The van der Waals surface area contributed by atoms with Crippen molar-refractivity contribution in [2.45, 2.75) is 46.0 Å². The van der Waals surface area contributed by atoms with E-state index in [0.717, 1.165) is 18.4 Å². The molecule has 0 unspecified atom stereocenters. The lowest BCUT2D eigenvalue weighted by molar-refractivity contribution is 0.0692.